The van der Waals surface area contributed by atoms with Gasteiger partial charge in [-0.15, -0.1) is 0 Å². The molecule has 0 unspecified atom stereocenters. The van der Waals surface area contributed by atoms with E-state index in [0.29, 0.717) is 6.04 Å². The van der Waals surface area contributed by atoms with Gasteiger partial charge in [0, 0.05) is 6.04 Å². The second-order valence-electron chi connectivity index (χ2n) is 6.24. The maximum Gasteiger partial charge on any atom is 0.0684 e. The summed E-state index contributed by atoms with van der Waals surface area (Å²) in [7, 11) is 0. The lowest BCUT2D eigenvalue weighted by molar-refractivity contribution is 0.321. The fourth-order valence-electron chi connectivity index (χ4n) is 2.65. The van der Waals surface area contributed by atoms with Crippen molar-refractivity contribution in [2.75, 3.05) is 6.54 Å². The third-order valence-electron chi connectivity index (χ3n) is 4.13. The number of rotatable bonds is 5. The lowest BCUT2D eigenvalue weighted by Crippen LogP contribution is -2.35. The zero-order chi connectivity index (χ0) is 12.7. The lowest BCUT2D eigenvalue weighted by atomic mass is 9.90. The summed E-state index contributed by atoms with van der Waals surface area (Å²) in [6.07, 6.45) is 9.36. The molecule has 1 saturated carbocycles. The second kappa shape index (κ2) is 7.01. The minimum Gasteiger partial charge on any atom is -0.314 e. The van der Waals surface area contributed by atoms with Crippen molar-refractivity contribution in [3.63, 3.8) is 0 Å². The molecule has 1 N–H and O–H groups in total. The molecule has 0 spiro atoms. The first kappa shape index (κ1) is 14.5. The number of hydrogen-bond donors (Lipinski definition) is 1. The van der Waals surface area contributed by atoms with E-state index in [1.807, 2.05) is 13.8 Å². The zero-order valence-electron chi connectivity index (χ0n) is 11.8. The van der Waals surface area contributed by atoms with E-state index in [9.17, 15) is 0 Å². The lowest BCUT2D eigenvalue weighted by Gasteiger charge is -2.25. The van der Waals surface area contributed by atoms with Gasteiger partial charge in [0.25, 0.3) is 0 Å². The molecule has 1 rings (SSSR count). The average Bonchev–Trinajstić information content (AvgIpc) is 2.57. The van der Waals surface area contributed by atoms with Crippen LogP contribution in [0.2, 0.25) is 0 Å². The molecule has 98 valence electrons. The molecule has 1 atom stereocenters. The quantitative estimate of drug-likeness (QED) is 0.735. The minimum absolute atomic E-state index is 0.184. The molecule has 0 aromatic heterocycles. The molecule has 0 saturated heterocycles. The second-order valence-corrected chi connectivity index (χ2v) is 6.24. The van der Waals surface area contributed by atoms with Crippen LogP contribution < -0.4 is 5.32 Å². The Labute approximate surface area is 107 Å². The summed E-state index contributed by atoms with van der Waals surface area (Å²) in [5.41, 5.74) is -0.184. The molecule has 17 heavy (non-hydrogen) atoms. The van der Waals surface area contributed by atoms with E-state index in [1.165, 1.54) is 38.5 Å². The van der Waals surface area contributed by atoms with Gasteiger partial charge in [-0.1, -0.05) is 25.7 Å². The maximum absolute atomic E-state index is 8.97. The summed E-state index contributed by atoms with van der Waals surface area (Å²) in [5, 5.41) is 12.6. The summed E-state index contributed by atoms with van der Waals surface area (Å²) >= 11 is 0. The molecule has 2 nitrogen and oxygen atoms in total. The van der Waals surface area contributed by atoms with Gasteiger partial charge >= 0.3 is 0 Å². The van der Waals surface area contributed by atoms with E-state index in [-0.39, 0.29) is 5.41 Å². The van der Waals surface area contributed by atoms with Crippen molar-refractivity contribution >= 4 is 0 Å². The van der Waals surface area contributed by atoms with Gasteiger partial charge in [0.15, 0.2) is 0 Å². The predicted molar refractivity (Wildman–Crippen MR) is 72.7 cm³/mol. The monoisotopic (exact) mass is 236 g/mol. The Morgan fingerprint density at radius 3 is 2.35 bits per heavy atom. The first-order valence-corrected chi connectivity index (χ1v) is 7.20. The largest absolute Gasteiger partial charge is 0.314 e. The Morgan fingerprint density at radius 1 is 1.24 bits per heavy atom. The van der Waals surface area contributed by atoms with E-state index in [2.05, 4.69) is 18.3 Å². The molecule has 0 bridgehead atoms. The van der Waals surface area contributed by atoms with E-state index < -0.39 is 0 Å². The highest BCUT2D eigenvalue weighted by Gasteiger charge is 2.20. The molecule has 0 heterocycles. The Bertz CT molecular complexity index is 244. The molecule has 0 aromatic rings. The van der Waals surface area contributed by atoms with Crippen LogP contribution in [0.25, 0.3) is 0 Å². The highest BCUT2D eigenvalue weighted by Crippen LogP contribution is 2.25. The third-order valence-corrected chi connectivity index (χ3v) is 4.13. The predicted octanol–water partition coefficient (Wildman–Crippen LogP) is 3.87. The molecule has 2 heteroatoms. The van der Waals surface area contributed by atoms with Crippen LogP contribution in [0.15, 0.2) is 0 Å². The average molecular weight is 236 g/mol. The Kier molecular flexibility index (Phi) is 5.98. The van der Waals surface area contributed by atoms with Crippen molar-refractivity contribution in [1.82, 2.24) is 5.32 Å². The third kappa shape index (κ3) is 5.55. The van der Waals surface area contributed by atoms with Crippen LogP contribution in [0.1, 0.15) is 65.7 Å². The fourth-order valence-corrected chi connectivity index (χ4v) is 2.65. The summed E-state index contributed by atoms with van der Waals surface area (Å²) in [6.45, 7) is 7.32. The smallest absolute Gasteiger partial charge is 0.0684 e. The number of hydrogen-bond acceptors (Lipinski definition) is 2. The number of nitriles is 1. The van der Waals surface area contributed by atoms with Crippen molar-refractivity contribution in [2.45, 2.75) is 71.8 Å². The van der Waals surface area contributed by atoms with Crippen molar-refractivity contribution in [2.24, 2.45) is 11.3 Å². The van der Waals surface area contributed by atoms with Gasteiger partial charge in [-0.05, 0) is 52.5 Å². The van der Waals surface area contributed by atoms with Gasteiger partial charge in [-0.3, -0.25) is 0 Å². The SMILES string of the molecule is C[C@H](NCCC(C)(C)C#N)C1CCCCCC1. The Balaban J connectivity index is 2.24. The van der Waals surface area contributed by atoms with Crippen LogP contribution in [0, 0.1) is 22.7 Å². The van der Waals surface area contributed by atoms with Crippen molar-refractivity contribution in [1.29, 1.82) is 5.26 Å². The summed E-state index contributed by atoms with van der Waals surface area (Å²) in [6, 6.07) is 2.98. The first-order chi connectivity index (χ1) is 8.05. The fraction of sp³-hybridized carbons (Fsp3) is 0.933. The Morgan fingerprint density at radius 2 is 1.82 bits per heavy atom. The van der Waals surface area contributed by atoms with E-state index in [1.54, 1.807) is 0 Å². The molecule has 1 aliphatic rings. The zero-order valence-corrected chi connectivity index (χ0v) is 11.8. The molecule has 1 fully saturated rings. The summed E-state index contributed by atoms with van der Waals surface area (Å²) < 4.78 is 0. The van der Waals surface area contributed by atoms with Gasteiger partial charge < -0.3 is 5.32 Å². The van der Waals surface area contributed by atoms with Gasteiger partial charge in [-0.2, -0.15) is 5.26 Å². The number of nitrogens with zero attached hydrogens (tertiary/aromatic N) is 1. The molecule has 0 radical (unpaired) electrons. The molecular formula is C15H28N2. The van der Waals surface area contributed by atoms with Gasteiger partial charge in [0.2, 0.25) is 0 Å². The van der Waals surface area contributed by atoms with Gasteiger partial charge in [0.1, 0.15) is 0 Å². The normalized spacial score (nSPS) is 20.6. The highest BCUT2D eigenvalue weighted by molar-refractivity contribution is 4.92. The first-order valence-electron chi connectivity index (χ1n) is 7.20. The standard InChI is InChI=1S/C15H28N2/c1-13(14-8-6-4-5-7-9-14)17-11-10-15(2,3)12-16/h13-14,17H,4-11H2,1-3H3/t13-/m0/s1. The molecule has 0 aliphatic heterocycles. The van der Waals surface area contributed by atoms with E-state index >= 15 is 0 Å². The molecule has 0 aromatic carbocycles. The minimum atomic E-state index is -0.184. The van der Waals surface area contributed by atoms with Crippen molar-refractivity contribution < 1.29 is 0 Å². The molecule has 1 aliphatic carbocycles. The van der Waals surface area contributed by atoms with Crippen LogP contribution in [0.3, 0.4) is 0 Å². The summed E-state index contributed by atoms with van der Waals surface area (Å²) in [4.78, 5) is 0. The van der Waals surface area contributed by atoms with E-state index in [0.717, 1.165) is 18.9 Å². The van der Waals surface area contributed by atoms with Crippen LogP contribution in [-0.2, 0) is 0 Å². The molecule has 0 amide bonds. The summed E-state index contributed by atoms with van der Waals surface area (Å²) in [5.74, 6) is 0.850. The van der Waals surface area contributed by atoms with Crippen LogP contribution in [0.4, 0.5) is 0 Å². The topological polar surface area (TPSA) is 35.8 Å². The highest BCUT2D eigenvalue weighted by atomic mass is 14.9. The van der Waals surface area contributed by atoms with E-state index in [4.69, 9.17) is 5.26 Å². The van der Waals surface area contributed by atoms with Crippen LogP contribution in [0.5, 0.6) is 0 Å². The van der Waals surface area contributed by atoms with Gasteiger partial charge in [0.05, 0.1) is 11.5 Å². The van der Waals surface area contributed by atoms with Crippen molar-refractivity contribution in [3.8, 4) is 6.07 Å². The van der Waals surface area contributed by atoms with Gasteiger partial charge in [-0.25, -0.2) is 0 Å². The number of nitrogens with one attached hydrogen (secondary N) is 1. The maximum atomic E-state index is 8.97. The Hall–Kier alpha value is -0.550. The van der Waals surface area contributed by atoms with Crippen LogP contribution in [-0.4, -0.2) is 12.6 Å². The molecular weight excluding hydrogens is 208 g/mol. The van der Waals surface area contributed by atoms with Crippen molar-refractivity contribution in [3.05, 3.63) is 0 Å². The van der Waals surface area contributed by atoms with Crippen LogP contribution >= 0.6 is 0 Å².